The van der Waals surface area contributed by atoms with Gasteiger partial charge in [-0.1, -0.05) is 0 Å². The van der Waals surface area contributed by atoms with Crippen LogP contribution in [0.15, 0.2) is 54.6 Å². The number of hydrogen-bond acceptors (Lipinski definition) is 9. The van der Waals surface area contributed by atoms with E-state index in [1.54, 1.807) is 36.4 Å². The Hall–Kier alpha value is -4.48. The summed E-state index contributed by atoms with van der Waals surface area (Å²) in [5.41, 5.74) is 14.3. The fourth-order valence-corrected chi connectivity index (χ4v) is 4.01. The fourth-order valence-electron chi connectivity index (χ4n) is 4.01. The third-order valence-corrected chi connectivity index (χ3v) is 6.29. The Balaban J connectivity index is 1.68. The van der Waals surface area contributed by atoms with Crippen molar-refractivity contribution in [2.45, 2.75) is 12.8 Å². The van der Waals surface area contributed by atoms with Gasteiger partial charge < -0.3 is 46.1 Å². The summed E-state index contributed by atoms with van der Waals surface area (Å²) >= 11 is 0. The topological polar surface area (TPSA) is 144 Å². The summed E-state index contributed by atoms with van der Waals surface area (Å²) in [5, 5.41) is 5.63. The largest absolute Gasteiger partial charge is 0.496 e. The van der Waals surface area contributed by atoms with Crippen molar-refractivity contribution < 1.29 is 23.8 Å². The number of carbonyl (C=O) groups is 2. The number of nitrogens with one attached hydrogen (secondary N) is 2. The Labute approximate surface area is 247 Å². The predicted octanol–water partition coefficient (Wildman–Crippen LogP) is 4.03. The summed E-state index contributed by atoms with van der Waals surface area (Å²) in [4.78, 5) is 30.4. The molecule has 0 aliphatic carbocycles. The van der Waals surface area contributed by atoms with Gasteiger partial charge in [0.25, 0.3) is 11.8 Å². The van der Waals surface area contributed by atoms with Gasteiger partial charge in [-0.2, -0.15) is 0 Å². The first-order chi connectivity index (χ1) is 20.1. The van der Waals surface area contributed by atoms with Crippen molar-refractivity contribution in [2.24, 2.45) is 0 Å². The minimum atomic E-state index is -0.446. The van der Waals surface area contributed by atoms with E-state index in [0.717, 1.165) is 25.9 Å². The van der Waals surface area contributed by atoms with E-state index < -0.39 is 11.8 Å². The van der Waals surface area contributed by atoms with Gasteiger partial charge in [0.05, 0.1) is 48.6 Å². The second-order valence-corrected chi connectivity index (χ2v) is 10.3. The van der Waals surface area contributed by atoms with Gasteiger partial charge in [-0.3, -0.25) is 9.59 Å². The van der Waals surface area contributed by atoms with E-state index in [1.807, 2.05) is 28.2 Å². The van der Waals surface area contributed by atoms with Crippen molar-refractivity contribution in [1.82, 2.24) is 9.80 Å². The molecule has 0 bridgehead atoms. The molecule has 226 valence electrons. The van der Waals surface area contributed by atoms with Gasteiger partial charge in [-0.25, -0.2) is 0 Å². The summed E-state index contributed by atoms with van der Waals surface area (Å²) in [7, 11) is 9.45. The Morgan fingerprint density at radius 1 is 0.714 bits per heavy atom. The zero-order chi connectivity index (χ0) is 30.6. The fraction of sp³-hybridized carbons (Fsp3) is 0.355. The van der Waals surface area contributed by atoms with Crippen LogP contribution in [0.3, 0.4) is 0 Å². The summed E-state index contributed by atoms with van der Waals surface area (Å²) < 4.78 is 17.1. The Kier molecular flexibility index (Phi) is 11.8. The van der Waals surface area contributed by atoms with E-state index in [9.17, 15) is 9.59 Å². The van der Waals surface area contributed by atoms with Crippen LogP contribution in [0.2, 0.25) is 0 Å². The van der Waals surface area contributed by atoms with E-state index >= 15 is 0 Å². The molecule has 0 heterocycles. The normalized spacial score (nSPS) is 10.9. The van der Waals surface area contributed by atoms with Crippen LogP contribution in [0.5, 0.6) is 17.2 Å². The lowest BCUT2D eigenvalue weighted by molar-refractivity contribution is 0.101. The maximum absolute atomic E-state index is 13.2. The van der Waals surface area contributed by atoms with Crippen LogP contribution in [0, 0.1) is 0 Å². The van der Waals surface area contributed by atoms with Crippen LogP contribution in [0.4, 0.5) is 22.7 Å². The molecule has 3 rings (SSSR count). The molecule has 0 atom stereocenters. The maximum Gasteiger partial charge on any atom is 0.259 e. The summed E-state index contributed by atoms with van der Waals surface area (Å²) in [6.07, 6.45) is 1.72. The second-order valence-electron chi connectivity index (χ2n) is 10.3. The number of rotatable bonds is 15. The molecule has 0 aliphatic heterocycles. The zero-order valence-electron chi connectivity index (χ0n) is 25.0. The molecule has 2 amide bonds. The number of carbonyl (C=O) groups excluding carboxylic acids is 2. The first kappa shape index (κ1) is 32.0. The third-order valence-electron chi connectivity index (χ3n) is 6.29. The highest BCUT2D eigenvalue weighted by molar-refractivity contribution is 6.10. The molecule has 0 fully saturated rings. The average Bonchev–Trinajstić information content (AvgIpc) is 2.96. The van der Waals surface area contributed by atoms with Crippen molar-refractivity contribution in [2.75, 3.05) is 83.7 Å². The molecule has 6 N–H and O–H groups in total. The van der Waals surface area contributed by atoms with E-state index in [4.69, 9.17) is 25.7 Å². The zero-order valence-corrected chi connectivity index (χ0v) is 25.0. The predicted molar refractivity (Wildman–Crippen MR) is 168 cm³/mol. The highest BCUT2D eigenvalue weighted by atomic mass is 16.5. The molecular formula is C31H42N6O5. The lowest BCUT2D eigenvalue weighted by Gasteiger charge is -2.15. The molecule has 42 heavy (non-hydrogen) atoms. The minimum absolute atomic E-state index is 0.223. The van der Waals surface area contributed by atoms with Gasteiger partial charge in [0, 0.05) is 30.8 Å². The monoisotopic (exact) mass is 578 g/mol. The third kappa shape index (κ3) is 9.57. The molecular weight excluding hydrogens is 536 g/mol. The van der Waals surface area contributed by atoms with Crippen LogP contribution >= 0.6 is 0 Å². The summed E-state index contributed by atoms with van der Waals surface area (Å²) in [5.74, 6) is 0.559. The number of nitrogen functional groups attached to an aromatic ring is 2. The van der Waals surface area contributed by atoms with E-state index in [0.29, 0.717) is 47.5 Å². The van der Waals surface area contributed by atoms with Crippen molar-refractivity contribution in [3.8, 4) is 17.2 Å². The highest BCUT2D eigenvalue weighted by Gasteiger charge is 2.18. The van der Waals surface area contributed by atoms with Crippen LogP contribution < -0.4 is 36.3 Å². The van der Waals surface area contributed by atoms with Crippen LogP contribution in [0.25, 0.3) is 0 Å². The number of amides is 2. The quantitative estimate of drug-likeness (QED) is 0.155. The molecule has 0 saturated heterocycles. The number of nitrogens with two attached hydrogens (primary N) is 2. The van der Waals surface area contributed by atoms with Gasteiger partial charge in [0.15, 0.2) is 0 Å². The van der Waals surface area contributed by atoms with Crippen molar-refractivity contribution in [1.29, 1.82) is 0 Å². The van der Waals surface area contributed by atoms with Gasteiger partial charge in [-0.15, -0.1) is 0 Å². The Morgan fingerprint density at radius 3 is 1.69 bits per heavy atom. The number of hydrogen-bond donors (Lipinski definition) is 4. The van der Waals surface area contributed by atoms with Gasteiger partial charge in [-0.05, 0) is 83.5 Å². The van der Waals surface area contributed by atoms with E-state index in [2.05, 4.69) is 20.4 Å². The Bertz CT molecular complexity index is 1360. The standard InChI is InChI=1S/C31H42N6O5/c1-36(2)14-6-16-41-22-9-12-25(32)27(19-22)34-30(38)21-8-11-24(29(18-21)40-5)31(39)35-28-20-23(10-13-26(28)33)42-17-7-15-37(3)4/h8-13,18-20H,6-7,14-17,32-33H2,1-5H3,(H,34,38)(H,35,39). The van der Waals surface area contributed by atoms with Crippen LogP contribution in [-0.2, 0) is 0 Å². The minimum Gasteiger partial charge on any atom is -0.496 e. The highest BCUT2D eigenvalue weighted by Crippen LogP contribution is 2.29. The van der Waals surface area contributed by atoms with Gasteiger partial charge >= 0.3 is 0 Å². The van der Waals surface area contributed by atoms with Gasteiger partial charge in [0.2, 0.25) is 0 Å². The first-order valence-corrected chi connectivity index (χ1v) is 13.7. The number of ether oxygens (including phenoxy) is 3. The van der Waals surface area contributed by atoms with Crippen LogP contribution in [-0.4, -0.2) is 83.2 Å². The van der Waals surface area contributed by atoms with E-state index in [1.165, 1.54) is 25.3 Å². The average molecular weight is 579 g/mol. The molecule has 11 heteroatoms. The number of methoxy groups -OCH3 is 1. The molecule has 0 unspecified atom stereocenters. The lowest BCUT2D eigenvalue weighted by atomic mass is 10.1. The molecule has 0 spiro atoms. The smallest absolute Gasteiger partial charge is 0.259 e. The van der Waals surface area contributed by atoms with Crippen molar-refractivity contribution in [3.05, 3.63) is 65.7 Å². The second kappa shape index (κ2) is 15.5. The van der Waals surface area contributed by atoms with Gasteiger partial charge in [0.1, 0.15) is 17.2 Å². The first-order valence-electron chi connectivity index (χ1n) is 13.7. The van der Waals surface area contributed by atoms with Crippen LogP contribution in [0.1, 0.15) is 33.6 Å². The molecule has 11 nitrogen and oxygen atoms in total. The molecule has 0 aromatic heterocycles. The molecule has 0 aliphatic rings. The molecule has 0 saturated carbocycles. The summed E-state index contributed by atoms with van der Waals surface area (Å²) in [6, 6.07) is 14.8. The number of nitrogens with zero attached hydrogens (tertiary/aromatic N) is 2. The number of benzene rings is 3. The molecule has 3 aromatic rings. The summed E-state index contributed by atoms with van der Waals surface area (Å²) in [6.45, 7) is 2.88. The Morgan fingerprint density at radius 2 is 1.21 bits per heavy atom. The van der Waals surface area contributed by atoms with Crippen molar-refractivity contribution >= 4 is 34.6 Å². The lowest BCUT2D eigenvalue weighted by Crippen LogP contribution is -2.17. The number of anilines is 4. The molecule has 0 radical (unpaired) electrons. The SMILES string of the molecule is COc1cc(C(=O)Nc2cc(OCCCN(C)C)ccc2N)ccc1C(=O)Nc1cc(OCCCN(C)C)ccc1N. The van der Waals surface area contributed by atoms with Crippen molar-refractivity contribution in [3.63, 3.8) is 0 Å². The maximum atomic E-state index is 13.2. The van der Waals surface area contributed by atoms with E-state index in [-0.39, 0.29) is 16.9 Å². The molecule has 3 aromatic carbocycles.